The fraction of sp³-hybridized carbons (Fsp3) is 0.450. The van der Waals surface area contributed by atoms with E-state index in [1.54, 1.807) is 4.40 Å². The van der Waals surface area contributed by atoms with E-state index in [4.69, 9.17) is 0 Å². The predicted octanol–water partition coefficient (Wildman–Crippen LogP) is 2.53. The van der Waals surface area contributed by atoms with Crippen molar-refractivity contribution in [2.24, 2.45) is 0 Å². The van der Waals surface area contributed by atoms with Crippen molar-refractivity contribution < 1.29 is 4.79 Å². The standard InChI is InChI=1S/C20H24N4O2/c1-3-15-14(2)23(13-18(25)22-11-7-4-8-12-22)20-21-16-9-5-6-10-17(16)24(20)19(15)26/h5-6,9-10H,3-4,7-8,11-13H2,1-2H3. The number of carbonyl (C=O) groups is 1. The van der Waals surface area contributed by atoms with Crippen molar-refractivity contribution in [3.05, 3.63) is 45.9 Å². The van der Waals surface area contributed by atoms with E-state index < -0.39 is 0 Å². The molecule has 0 aliphatic carbocycles. The summed E-state index contributed by atoms with van der Waals surface area (Å²) in [6.07, 6.45) is 3.96. The summed E-state index contributed by atoms with van der Waals surface area (Å²) in [6, 6.07) is 7.63. The van der Waals surface area contributed by atoms with Gasteiger partial charge in [-0.2, -0.15) is 0 Å². The van der Waals surface area contributed by atoms with E-state index in [9.17, 15) is 9.59 Å². The third-order valence-corrected chi connectivity index (χ3v) is 5.44. The van der Waals surface area contributed by atoms with Crippen molar-refractivity contribution in [1.82, 2.24) is 18.9 Å². The van der Waals surface area contributed by atoms with Gasteiger partial charge in [0.2, 0.25) is 11.7 Å². The van der Waals surface area contributed by atoms with Crippen LogP contribution in [0.3, 0.4) is 0 Å². The minimum Gasteiger partial charge on any atom is -0.341 e. The number of hydrogen-bond donors (Lipinski definition) is 0. The molecule has 0 spiro atoms. The van der Waals surface area contributed by atoms with Crippen LogP contribution in [-0.2, 0) is 17.8 Å². The number of aromatic nitrogens is 3. The van der Waals surface area contributed by atoms with Crippen molar-refractivity contribution in [3.8, 4) is 0 Å². The SMILES string of the molecule is CCc1c(C)n(CC(=O)N2CCCCC2)c2nc3ccccc3n2c1=O. The van der Waals surface area contributed by atoms with E-state index in [1.165, 1.54) is 6.42 Å². The molecular weight excluding hydrogens is 328 g/mol. The molecule has 1 amide bonds. The molecule has 3 heterocycles. The van der Waals surface area contributed by atoms with Crippen LogP contribution in [0.15, 0.2) is 29.1 Å². The molecule has 1 aliphatic heterocycles. The molecular formula is C20H24N4O2. The number of para-hydroxylation sites is 2. The predicted molar refractivity (Wildman–Crippen MR) is 102 cm³/mol. The number of likely N-dealkylation sites (tertiary alicyclic amines) is 1. The molecule has 1 saturated heterocycles. The zero-order chi connectivity index (χ0) is 18.3. The fourth-order valence-electron chi connectivity index (χ4n) is 3.97. The van der Waals surface area contributed by atoms with Crippen LogP contribution in [0.25, 0.3) is 16.8 Å². The van der Waals surface area contributed by atoms with Crippen LogP contribution in [0.2, 0.25) is 0 Å². The van der Waals surface area contributed by atoms with Gasteiger partial charge in [-0.25, -0.2) is 9.38 Å². The maximum Gasteiger partial charge on any atom is 0.262 e. The Morgan fingerprint density at radius 2 is 1.88 bits per heavy atom. The van der Waals surface area contributed by atoms with Crippen LogP contribution >= 0.6 is 0 Å². The third-order valence-electron chi connectivity index (χ3n) is 5.44. The molecule has 6 heteroatoms. The van der Waals surface area contributed by atoms with Gasteiger partial charge in [0.25, 0.3) is 5.56 Å². The number of amides is 1. The summed E-state index contributed by atoms with van der Waals surface area (Å²) in [5.41, 5.74) is 3.12. The Morgan fingerprint density at radius 1 is 1.15 bits per heavy atom. The lowest BCUT2D eigenvalue weighted by Crippen LogP contribution is -2.39. The van der Waals surface area contributed by atoms with Gasteiger partial charge in [-0.3, -0.25) is 9.59 Å². The minimum atomic E-state index is -0.0321. The lowest BCUT2D eigenvalue weighted by Gasteiger charge is -2.27. The minimum absolute atomic E-state index is 0.0321. The van der Waals surface area contributed by atoms with Crippen molar-refractivity contribution in [2.75, 3.05) is 13.1 Å². The highest BCUT2D eigenvalue weighted by Crippen LogP contribution is 2.18. The molecule has 3 aromatic rings. The first-order valence-electron chi connectivity index (χ1n) is 9.39. The molecule has 1 fully saturated rings. The van der Waals surface area contributed by atoms with E-state index in [0.717, 1.165) is 48.2 Å². The maximum atomic E-state index is 13.0. The Morgan fingerprint density at radius 3 is 2.62 bits per heavy atom. The fourth-order valence-corrected chi connectivity index (χ4v) is 3.97. The number of hydrogen-bond acceptors (Lipinski definition) is 3. The molecule has 6 nitrogen and oxygen atoms in total. The van der Waals surface area contributed by atoms with Crippen LogP contribution in [0.1, 0.15) is 37.4 Å². The zero-order valence-electron chi connectivity index (χ0n) is 15.4. The van der Waals surface area contributed by atoms with E-state index in [1.807, 2.05) is 47.6 Å². The lowest BCUT2D eigenvalue weighted by atomic mass is 10.1. The van der Waals surface area contributed by atoms with Crippen LogP contribution in [-0.4, -0.2) is 37.8 Å². The Labute approximate surface area is 152 Å². The number of carbonyl (C=O) groups excluding carboxylic acids is 1. The average Bonchev–Trinajstić information content (AvgIpc) is 3.05. The Bertz CT molecular complexity index is 1040. The second-order valence-electron chi connectivity index (χ2n) is 6.99. The average molecular weight is 352 g/mol. The zero-order valence-corrected chi connectivity index (χ0v) is 15.4. The molecule has 2 aromatic heterocycles. The highest BCUT2D eigenvalue weighted by molar-refractivity contribution is 5.81. The van der Waals surface area contributed by atoms with E-state index in [2.05, 4.69) is 4.98 Å². The lowest BCUT2D eigenvalue weighted by molar-refractivity contribution is -0.132. The van der Waals surface area contributed by atoms with Gasteiger partial charge in [0.1, 0.15) is 6.54 Å². The number of imidazole rings is 1. The summed E-state index contributed by atoms with van der Waals surface area (Å²) in [5, 5.41) is 0. The second kappa shape index (κ2) is 6.59. The van der Waals surface area contributed by atoms with Crippen LogP contribution in [0.4, 0.5) is 0 Å². The molecule has 0 atom stereocenters. The van der Waals surface area contributed by atoms with Gasteiger partial charge in [0.05, 0.1) is 11.0 Å². The maximum absolute atomic E-state index is 13.0. The summed E-state index contributed by atoms with van der Waals surface area (Å²) in [7, 11) is 0. The first kappa shape index (κ1) is 16.8. The van der Waals surface area contributed by atoms with Crippen LogP contribution in [0.5, 0.6) is 0 Å². The second-order valence-corrected chi connectivity index (χ2v) is 6.99. The Kier molecular flexibility index (Phi) is 4.26. The quantitative estimate of drug-likeness (QED) is 0.728. The van der Waals surface area contributed by atoms with E-state index in [-0.39, 0.29) is 18.0 Å². The van der Waals surface area contributed by atoms with Crippen LogP contribution < -0.4 is 5.56 Å². The molecule has 0 radical (unpaired) electrons. The van der Waals surface area contributed by atoms with Gasteiger partial charge >= 0.3 is 0 Å². The Hall–Kier alpha value is -2.63. The first-order valence-corrected chi connectivity index (χ1v) is 9.39. The normalized spacial score (nSPS) is 15.1. The van der Waals surface area contributed by atoms with Gasteiger partial charge in [0, 0.05) is 24.3 Å². The van der Waals surface area contributed by atoms with Gasteiger partial charge in [0.15, 0.2) is 0 Å². The van der Waals surface area contributed by atoms with Crippen LogP contribution in [0, 0.1) is 6.92 Å². The van der Waals surface area contributed by atoms with E-state index >= 15 is 0 Å². The molecule has 0 unspecified atom stereocenters. The molecule has 26 heavy (non-hydrogen) atoms. The van der Waals surface area contributed by atoms with Gasteiger partial charge < -0.3 is 9.47 Å². The molecule has 0 N–H and O–H groups in total. The van der Waals surface area contributed by atoms with Gasteiger partial charge in [-0.1, -0.05) is 19.1 Å². The Balaban J connectivity index is 1.90. The smallest absolute Gasteiger partial charge is 0.262 e. The largest absolute Gasteiger partial charge is 0.341 e. The number of piperidine rings is 1. The van der Waals surface area contributed by atoms with Gasteiger partial charge in [-0.15, -0.1) is 0 Å². The summed E-state index contributed by atoms with van der Waals surface area (Å²) in [4.78, 5) is 32.5. The van der Waals surface area contributed by atoms with Crippen molar-refractivity contribution in [3.63, 3.8) is 0 Å². The van der Waals surface area contributed by atoms with E-state index in [0.29, 0.717) is 12.2 Å². The molecule has 1 aliphatic rings. The third kappa shape index (κ3) is 2.60. The summed E-state index contributed by atoms with van der Waals surface area (Å²) in [6.45, 7) is 5.78. The highest BCUT2D eigenvalue weighted by atomic mass is 16.2. The molecule has 4 rings (SSSR count). The first-order chi connectivity index (χ1) is 12.6. The number of rotatable bonds is 3. The molecule has 0 saturated carbocycles. The molecule has 0 bridgehead atoms. The molecule has 136 valence electrons. The number of fused-ring (bicyclic) bond motifs is 3. The highest BCUT2D eigenvalue weighted by Gasteiger charge is 2.22. The summed E-state index contributed by atoms with van der Waals surface area (Å²) in [5.74, 6) is 0.656. The van der Waals surface area contributed by atoms with Crippen molar-refractivity contribution in [2.45, 2.75) is 46.1 Å². The number of benzene rings is 1. The summed E-state index contributed by atoms with van der Waals surface area (Å²) < 4.78 is 3.57. The molecule has 1 aromatic carbocycles. The van der Waals surface area contributed by atoms with Gasteiger partial charge in [-0.05, 0) is 44.7 Å². The monoisotopic (exact) mass is 352 g/mol. The van der Waals surface area contributed by atoms with Crippen molar-refractivity contribution >= 4 is 22.7 Å². The number of nitrogens with zero attached hydrogens (tertiary/aromatic N) is 4. The topological polar surface area (TPSA) is 59.6 Å². The van der Waals surface area contributed by atoms with Crippen molar-refractivity contribution in [1.29, 1.82) is 0 Å². The summed E-state index contributed by atoms with van der Waals surface area (Å²) >= 11 is 0.